The fourth-order valence-corrected chi connectivity index (χ4v) is 3.03. The third-order valence-electron chi connectivity index (χ3n) is 3.80. The van der Waals surface area contributed by atoms with Gasteiger partial charge in [-0.3, -0.25) is 9.56 Å². The number of aliphatic imine (C=N–C) groups is 1. The molecule has 4 rings (SSSR count). The Morgan fingerprint density at radius 3 is 2.50 bits per heavy atom. The minimum atomic E-state index is 0.482. The molecular formula is C17H13ClN4. The Bertz CT molecular complexity index is 895. The second kappa shape index (κ2) is 5.07. The molecule has 0 fully saturated rings. The molecule has 22 heavy (non-hydrogen) atoms. The Hall–Kier alpha value is -2.46. The zero-order chi connectivity index (χ0) is 15.1. The average molecular weight is 309 g/mol. The van der Waals surface area contributed by atoms with E-state index in [0.717, 1.165) is 34.2 Å². The molecule has 0 unspecified atom stereocenters. The number of aryl methyl sites for hydroxylation is 1. The van der Waals surface area contributed by atoms with Crippen molar-refractivity contribution in [3.63, 3.8) is 0 Å². The van der Waals surface area contributed by atoms with Crippen molar-refractivity contribution >= 4 is 17.3 Å². The van der Waals surface area contributed by atoms with E-state index < -0.39 is 0 Å². The third kappa shape index (κ3) is 1.96. The summed E-state index contributed by atoms with van der Waals surface area (Å²) in [7, 11) is 0. The topological polar surface area (TPSA) is 43.1 Å². The van der Waals surface area contributed by atoms with E-state index in [1.807, 2.05) is 43.3 Å². The lowest BCUT2D eigenvalue weighted by Crippen LogP contribution is -2.08. The van der Waals surface area contributed by atoms with Gasteiger partial charge in [0, 0.05) is 16.1 Å². The number of hydrogen-bond donors (Lipinski definition) is 0. The number of para-hydroxylation sites is 1. The van der Waals surface area contributed by atoms with Crippen LogP contribution in [0.2, 0.25) is 5.02 Å². The third-order valence-corrected chi connectivity index (χ3v) is 4.13. The summed E-state index contributed by atoms with van der Waals surface area (Å²) in [6.45, 7) is 2.43. The lowest BCUT2D eigenvalue weighted by atomic mass is 10.0. The second-order valence-electron chi connectivity index (χ2n) is 5.16. The second-order valence-corrected chi connectivity index (χ2v) is 5.57. The Kier molecular flexibility index (Phi) is 3.05. The van der Waals surface area contributed by atoms with E-state index in [4.69, 9.17) is 16.6 Å². The van der Waals surface area contributed by atoms with E-state index in [-0.39, 0.29) is 0 Å². The van der Waals surface area contributed by atoms with Gasteiger partial charge in [0.25, 0.3) is 0 Å². The van der Waals surface area contributed by atoms with Gasteiger partial charge in [0.15, 0.2) is 5.82 Å². The van der Waals surface area contributed by atoms with Crippen molar-refractivity contribution in [1.82, 2.24) is 14.8 Å². The SMILES string of the molecule is Cc1nnc2n1-c1ccccc1C(c1ccccc1Cl)=NC2. The maximum Gasteiger partial charge on any atom is 0.159 e. The molecular weight excluding hydrogens is 296 g/mol. The lowest BCUT2D eigenvalue weighted by Gasteiger charge is -2.12. The minimum Gasteiger partial charge on any atom is -0.281 e. The molecule has 0 radical (unpaired) electrons. The van der Waals surface area contributed by atoms with Gasteiger partial charge in [-0.15, -0.1) is 10.2 Å². The van der Waals surface area contributed by atoms with Crippen molar-refractivity contribution in [1.29, 1.82) is 0 Å². The fourth-order valence-electron chi connectivity index (χ4n) is 2.81. The molecule has 4 nitrogen and oxygen atoms in total. The molecule has 2 heterocycles. The monoisotopic (exact) mass is 308 g/mol. The van der Waals surface area contributed by atoms with Crippen molar-refractivity contribution in [3.05, 3.63) is 76.3 Å². The number of fused-ring (bicyclic) bond motifs is 3. The normalized spacial score (nSPS) is 13.1. The van der Waals surface area contributed by atoms with E-state index in [9.17, 15) is 0 Å². The molecule has 0 saturated heterocycles. The molecule has 1 aliphatic rings. The highest BCUT2D eigenvalue weighted by Crippen LogP contribution is 2.27. The molecule has 0 aliphatic carbocycles. The molecule has 1 aliphatic heterocycles. The molecule has 0 N–H and O–H groups in total. The van der Waals surface area contributed by atoms with Crippen molar-refractivity contribution in [2.24, 2.45) is 4.99 Å². The standard InChI is InChI=1S/C17H13ClN4/c1-11-20-21-16-10-19-17(12-6-2-4-8-14(12)18)13-7-3-5-9-15(13)22(11)16/h2-9H,10H2,1H3. The van der Waals surface area contributed by atoms with Gasteiger partial charge in [-0.25, -0.2) is 0 Å². The number of aromatic nitrogens is 3. The van der Waals surface area contributed by atoms with Gasteiger partial charge in [0.2, 0.25) is 0 Å². The Balaban J connectivity index is 2.01. The largest absolute Gasteiger partial charge is 0.281 e. The molecule has 0 spiro atoms. The highest BCUT2D eigenvalue weighted by molar-refractivity contribution is 6.35. The molecule has 3 aromatic rings. The number of benzene rings is 2. The highest BCUT2D eigenvalue weighted by atomic mass is 35.5. The highest BCUT2D eigenvalue weighted by Gasteiger charge is 2.21. The maximum atomic E-state index is 6.38. The molecule has 0 saturated carbocycles. The number of rotatable bonds is 1. The van der Waals surface area contributed by atoms with Gasteiger partial charge in [-0.2, -0.15) is 0 Å². The van der Waals surface area contributed by atoms with E-state index in [2.05, 4.69) is 26.9 Å². The summed E-state index contributed by atoms with van der Waals surface area (Å²) in [6, 6.07) is 15.9. The fraction of sp³-hybridized carbons (Fsp3) is 0.118. The lowest BCUT2D eigenvalue weighted by molar-refractivity contribution is 0.862. The molecule has 5 heteroatoms. The van der Waals surface area contributed by atoms with Gasteiger partial charge < -0.3 is 0 Å². The van der Waals surface area contributed by atoms with Gasteiger partial charge in [0.05, 0.1) is 11.4 Å². The first kappa shape index (κ1) is 13.2. The molecule has 0 amide bonds. The quantitative estimate of drug-likeness (QED) is 0.689. The first-order chi connectivity index (χ1) is 10.8. The maximum absolute atomic E-state index is 6.38. The summed E-state index contributed by atoms with van der Waals surface area (Å²) < 4.78 is 2.06. The molecule has 0 atom stereocenters. The van der Waals surface area contributed by atoms with Crippen LogP contribution in [0.25, 0.3) is 5.69 Å². The molecule has 1 aromatic heterocycles. The van der Waals surface area contributed by atoms with Crippen molar-refractivity contribution in [2.75, 3.05) is 0 Å². The van der Waals surface area contributed by atoms with Crippen LogP contribution in [0, 0.1) is 6.92 Å². The Morgan fingerprint density at radius 2 is 1.68 bits per heavy atom. The van der Waals surface area contributed by atoms with Crippen LogP contribution in [0.5, 0.6) is 0 Å². The summed E-state index contributed by atoms with van der Waals surface area (Å²) in [6.07, 6.45) is 0. The summed E-state index contributed by atoms with van der Waals surface area (Å²) in [5.74, 6) is 1.70. The van der Waals surface area contributed by atoms with E-state index in [0.29, 0.717) is 11.6 Å². The summed E-state index contributed by atoms with van der Waals surface area (Å²) in [4.78, 5) is 4.76. The first-order valence-electron chi connectivity index (χ1n) is 7.06. The number of hydrogen-bond acceptors (Lipinski definition) is 3. The smallest absolute Gasteiger partial charge is 0.159 e. The van der Waals surface area contributed by atoms with Crippen molar-refractivity contribution in [2.45, 2.75) is 13.5 Å². The van der Waals surface area contributed by atoms with Crippen LogP contribution < -0.4 is 0 Å². The van der Waals surface area contributed by atoms with Crippen LogP contribution in [0.15, 0.2) is 53.5 Å². The summed E-state index contributed by atoms with van der Waals surface area (Å²) in [5.41, 5.74) is 3.91. The zero-order valence-electron chi connectivity index (χ0n) is 12.0. The zero-order valence-corrected chi connectivity index (χ0v) is 12.7. The van der Waals surface area contributed by atoms with Crippen LogP contribution in [0.1, 0.15) is 22.8 Å². The average Bonchev–Trinajstić information content (AvgIpc) is 2.82. The summed E-state index contributed by atoms with van der Waals surface area (Å²) in [5, 5.41) is 9.11. The van der Waals surface area contributed by atoms with Gasteiger partial charge in [-0.1, -0.05) is 48.0 Å². The van der Waals surface area contributed by atoms with E-state index >= 15 is 0 Å². The van der Waals surface area contributed by atoms with Gasteiger partial charge in [0.1, 0.15) is 12.4 Å². The van der Waals surface area contributed by atoms with Crippen LogP contribution in [-0.2, 0) is 6.54 Å². The first-order valence-corrected chi connectivity index (χ1v) is 7.43. The summed E-state index contributed by atoms with van der Waals surface area (Å²) >= 11 is 6.38. The Labute approximate surface area is 133 Å². The minimum absolute atomic E-state index is 0.482. The van der Waals surface area contributed by atoms with Gasteiger partial charge in [-0.05, 0) is 19.1 Å². The predicted octanol–water partition coefficient (Wildman–Crippen LogP) is 3.58. The number of nitrogens with zero attached hydrogens (tertiary/aromatic N) is 4. The van der Waals surface area contributed by atoms with Crippen molar-refractivity contribution < 1.29 is 0 Å². The van der Waals surface area contributed by atoms with Crippen LogP contribution in [-0.4, -0.2) is 20.5 Å². The molecule has 0 bridgehead atoms. The van der Waals surface area contributed by atoms with Crippen LogP contribution in [0.4, 0.5) is 0 Å². The number of halogens is 1. The van der Waals surface area contributed by atoms with Gasteiger partial charge >= 0.3 is 0 Å². The Morgan fingerprint density at radius 1 is 0.955 bits per heavy atom. The van der Waals surface area contributed by atoms with E-state index in [1.165, 1.54) is 0 Å². The van der Waals surface area contributed by atoms with Crippen LogP contribution in [0.3, 0.4) is 0 Å². The molecule has 2 aromatic carbocycles. The van der Waals surface area contributed by atoms with Crippen LogP contribution >= 0.6 is 11.6 Å². The van der Waals surface area contributed by atoms with E-state index in [1.54, 1.807) is 0 Å². The predicted molar refractivity (Wildman–Crippen MR) is 86.9 cm³/mol. The molecule has 108 valence electrons. The van der Waals surface area contributed by atoms with Crippen molar-refractivity contribution in [3.8, 4) is 5.69 Å².